The maximum Gasteiger partial charge on any atom is 0.258 e. The molecule has 0 heterocycles. The highest BCUT2D eigenvalue weighted by Gasteiger charge is 2.36. The Morgan fingerprint density at radius 1 is 0.929 bits per heavy atom. The normalized spacial score (nSPS) is 14.2. The fraction of sp³-hybridized carbons (Fsp3) is 0.409. The van der Waals surface area contributed by atoms with Crippen LogP contribution in [0.25, 0.3) is 0 Å². The zero-order chi connectivity index (χ0) is 20.3. The Hall–Kier alpha value is -2.89. The lowest BCUT2D eigenvalue weighted by atomic mass is 10.1. The third-order valence-electron chi connectivity index (χ3n) is 5.19. The molecule has 1 saturated carbocycles. The average Bonchev–Trinajstić information content (AvgIpc) is 3.58. The molecule has 1 unspecified atom stereocenters. The molecule has 0 aromatic heterocycles. The molecule has 1 fully saturated rings. The highest BCUT2D eigenvalue weighted by molar-refractivity contribution is 6.07. The van der Waals surface area contributed by atoms with Gasteiger partial charge in [0.05, 0.1) is 28.4 Å². The Labute approximate surface area is 166 Å². The van der Waals surface area contributed by atoms with Crippen LogP contribution in [-0.4, -0.2) is 40.4 Å². The zero-order valence-electron chi connectivity index (χ0n) is 17.0. The Bertz CT molecular complexity index is 804. The van der Waals surface area contributed by atoms with Gasteiger partial charge in [0.1, 0.15) is 5.75 Å². The van der Waals surface area contributed by atoms with E-state index < -0.39 is 0 Å². The third-order valence-corrected chi connectivity index (χ3v) is 5.19. The topological polar surface area (TPSA) is 57.2 Å². The molecule has 0 spiro atoms. The summed E-state index contributed by atoms with van der Waals surface area (Å²) in [5.41, 5.74) is 1.32. The van der Waals surface area contributed by atoms with Gasteiger partial charge in [0.2, 0.25) is 5.75 Å². The SMILES string of the molecule is COc1ccc(N(C(=O)c2cc(OC)c(OC)c(OC)c2)C(C)C2CC2)cc1. The number of rotatable bonds is 8. The van der Waals surface area contributed by atoms with Gasteiger partial charge in [-0.2, -0.15) is 0 Å². The Kier molecular flexibility index (Phi) is 5.97. The quantitative estimate of drug-likeness (QED) is 0.683. The summed E-state index contributed by atoms with van der Waals surface area (Å²) in [5.74, 6) is 2.53. The molecule has 1 aliphatic rings. The van der Waals surface area contributed by atoms with Gasteiger partial charge in [-0.1, -0.05) is 0 Å². The van der Waals surface area contributed by atoms with Gasteiger partial charge in [-0.25, -0.2) is 0 Å². The van der Waals surface area contributed by atoms with Gasteiger partial charge in [0.25, 0.3) is 5.91 Å². The van der Waals surface area contributed by atoms with Gasteiger partial charge < -0.3 is 23.8 Å². The number of hydrogen-bond donors (Lipinski definition) is 0. The third kappa shape index (κ3) is 3.86. The second-order valence-electron chi connectivity index (χ2n) is 6.87. The first kappa shape index (κ1) is 19.9. The van der Waals surface area contributed by atoms with E-state index in [1.165, 1.54) is 0 Å². The summed E-state index contributed by atoms with van der Waals surface area (Å²) in [5, 5.41) is 0. The van der Waals surface area contributed by atoms with Gasteiger partial charge in [0, 0.05) is 17.3 Å². The van der Waals surface area contributed by atoms with Crippen LogP contribution in [-0.2, 0) is 0 Å². The van der Waals surface area contributed by atoms with Gasteiger partial charge in [-0.05, 0) is 62.1 Å². The predicted octanol–water partition coefficient (Wildman–Crippen LogP) is 4.17. The van der Waals surface area contributed by atoms with E-state index >= 15 is 0 Å². The number of carbonyl (C=O) groups excluding carboxylic acids is 1. The van der Waals surface area contributed by atoms with E-state index in [1.54, 1.807) is 40.6 Å². The highest BCUT2D eigenvalue weighted by Crippen LogP contribution is 2.41. The van der Waals surface area contributed by atoms with E-state index in [0.29, 0.717) is 28.7 Å². The summed E-state index contributed by atoms with van der Waals surface area (Å²) in [6, 6.07) is 11.0. The molecule has 1 atom stereocenters. The molecule has 0 radical (unpaired) electrons. The second kappa shape index (κ2) is 8.42. The molecule has 6 heteroatoms. The molecular formula is C22H27NO5. The van der Waals surface area contributed by atoms with Crippen LogP contribution in [0, 0.1) is 5.92 Å². The summed E-state index contributed by atoms with van der Waals surface area (Å²) >= 11 is 0. The molecule has 0 N–H and O–H groups in total. The summed E-state index contributed by atoms with van der Waals surface area (Å²) < 4.78 is 21.4. The van der Waals surface area contributed by atoms with Crippen LogP contribution in [0.2, 0.25) is 0 Å². The lowest BCUT2D eigenvalue weighted by molar-refractivity contribution is 0.0975. The molecule has 2 aromatic rings. The average molecular weight is 385 g/mol. The largest absolute Gasteiger partial charge is 0.497 e. The minimum atomic E-state index is -0.108. The van der Waals surface area contributed by atoms with E-state index in [9.17, 15) is 4.79 Å². The number of benzene rings is 2. The van der Waals surface area contributed by atoms with Crippen LogP contribution in [0.4, 0.5) is 5.69 Å². The van der Waals surface area contributed by atoms with Crippen molar-refractivity contribution >= 4 is 11.6 Å². The monoisotopic (exact) mass is 385 g/mol. The molecule has 28 heavy (non-hydrogen) atoms. The lowest BCUT2D eigenvalue weighted by Gasteiger charge is -2.30. The number of nitrogens with zero attached hydrogens (tertiary/aromatic N) is 1. The van der Waals surface area contributed by atoms with Crippen molar-refractivity contribution in [3.8, 4) is 23.0 Å². The summed E-state index contributed by atoms with van der Waals surface area (Å²) in [6.45, 7) is 2.10. The van der Waals surface area contributed by atoms with Crippen LogP contribution >= 0.6 is 0 Å². The molecule has 2 aromatic carbocycles. The molecule has 0 aliphatic heterocycles. The number of hydrogen-bond acceptors (Lipinski definition) is 5. The smallest absolute Gasteiger partial charge is 0.258 e. The Morgan fingerprint density at radius 3 is 1.93 bits per heavy atom. The molecule has 6 nitrogen and oxygen atoms in total. The molecule has 150 valence electrons. The van der Waals surface area contributed by atoms with Crippen molar-refractivity contribution in [2.75, 3.05) is 33.3 Å². The molecule has 1 aliphatic carbocycles. The van der Waals surface area contributed by atoms with E-state index in [4.69, 9.17) is 18.9 Å². The van der Waals surface area contributed by atoms with Crippen LogP contribution in [0.3, 0.4) is 0 Å². The maximum atomic E-state index is 13.6. The van der Waals surface area contributed by atoms with Gasteiger partial charge in [0.15, 0.2) is 11.5 Å². The van der Waals surface area contributed by atoms with Crippen LogP contribution in [0.5, 0.6) is 23.0 Å². The number of amides is 1. The summed E-state index contributed by atoms with van der Waals surface area (Å²) in [6.07, 6.45) is 2.27. The predicted molar refractivity (Wildman–Crippen MR) is 108 cm³/mol. The van der Waals surface area contributed by atoms with Gasteiger partial charge >= 0.3 is 0 Å². The van der Waals surface area contributed by atoms with Crippen molar-refractivity contribution in [2.24, 2.45) is 5.92 Å². The number of carbonyl (C=O) groups is 1. The van der Waals surface area contributed by atoms with Crippen molar-refractivity contribution in [1.29, 1.82) is 0 Å². The van der Waals surface area contributed by atoms with E-state index in [2.05, 4.69) is 6.92 Å². The highest BCUT2D eigenvalue weighted by atomic mass is 16.5. The molecule has 0 saturated heterocycles. The Morgan fingerprint density at radius 2 is 1.50 bits per heavy atom. The fourth-order valence-electron chi connectivity index (χ4n) is 3.41. The molecule has 1 amide bonds. The molecule has 3 rings (SSSR count). The van der Waals surface area contributed by atoms with Crippen molar-refractivity contribution in [2.45, 2.75) is 25.8 Å². The number of methoxy groups -OCH3 is 4. The molecule has 0 bridgehead atoms. The van der Waals surface area contributed by atoms with Crippen molar-refractivity contribution in [3.05, 3.63) is 42.0 Å². The first-order valence-corrected chi connectivity index (χ1v) is 9.31. The van der Waals surface area contributed by atoms with Crippen molar-refractivity contribution < 1.29 is 23.7 Å². The summed E-state index contributed by atoms with van der Waals surface area (Å²) in [7, 11) is 6.25. The van der Waals surface area contributed by atoms with E-state index in [0.717, 1.165) is 24.3 Å². The first-order valence-electron chi connectivity index (χ1n) is 9.31. The number of ether oxygens (including phenoxy) is 4. The lowest BCUT2D eigenvalue weighted by Crippen LogP contribution is -2.40. The van der Waals surface area contributed by atoms with Crippen molar-refractivity contribution in [3.63, 3.8) is 0 Å². The number of anilines is 1. The minimum absolute atomic E-state index is 0.0833. The zero-order valence-corrected chi connectivity index (χ0v) is 17.0. The van der Waals surface area contributed by atoms with Crippen molar-refractivity contribution in [1.82, 2.24) is 0 Å². The van der Waals surface area contributed by atoms with Gasteiger partial charge in [-0.15, -0.1) is 0 Å². The van der Waals surface area contributed by atoms with E-state index in [-0.39, 0.29) is 11.9 Å². The minimum Gasteiger partial charge on any atom is -0.497 e. The van der Waals surface area contributed by atoms with Crippen LogP contribution in [0.1, 0.15) is 30.1 Å². The summed E-state index contributed by atoms with van der Waals surface area (Å²) in [4.78, 5) is 15.4. The standard InChI is InChI=1S/C22H27NO5/c1-14(15-6-7-15)23(17-8-10-18(25-2)11-9-17)22(24)16-12-19(26-3)21(28-5)20(13-16)27-4/h8-15H,6-7H2,1-5H3. The second-order valence-corrected chi connectivity index (χ2v) is 6.87. The van der Waals surface area contributed by atoms with Crippen LogP contribution in [0.15, 0.2) is 36.4 Å². The maximum absolute atomic E-state index is 13.6. The first-order chi connectivity index (χ1) is 13.5. The fourth-order valence-corrected chi connectivity index (χ4v) is 3.41. The Balaban J connectivity index is 2.03. The van der Waals surface area contributed by atoms with Crippen LogP contribution < -0.4 is 23.8 Å². The molecular weight excluding hydrogens is 358 g/mol. The van der Waals surface area contributed by atoms with E-state index in [1.807, 2.05) is 29.2 Å². The van der Waals surface area contributed by atoms with Gasteiger partial charge in [-0.3, -0.25) is 4.79 Å².